The smallest absolute Gasteiger partial charge is 0.227 e. The predicted octanol–water partition coefficient (Wildman–Crippen LogP) is 3.28. The lowest BCUT2D eigenvalue weighted by atomic mass is 10.1. The summed E-state index contributed by atoms with van der Waals surface area (Å²) in [6.07, 6.45) is 6.38. The van der Waals surface area contributed by atoms with Gasteiger partial charge in [-0.25, -0.2) is 9.97 Å². The molecule has 0 amide bonds. The van der Waals surface area contributed by atoms with Crippen LogP contribution in [-0.2, 0) is 11.4 Å². The standard InChI is InChI=1S/C18H15N3O2/c22-14-7-6-13(8-14)15-9-19-17-16(15)18(21-11-20-17)23-10-12-4-2-1-3-5-12/h1-5,8-9,11H,6-7,10H2,(H,19,20,21). The van der Waals surface area contributed by atoms with Crippen molar-refractivity contribution in [1.82, 2.24) is 15.0 Å². The van der Waals surface area contributed by atoms with Gasteiger partial charge in [-0.05, 0) is 23.6 Å². The number of allylic oxidation sites excluding steroid dienone is 2. The summed E-state index contributed by atoms with van der Waals surface area (Å²) in [5, 5.41) is 0.837. The summed E-state index contributed by atoms with van der Waals surface area (Å²) < 4.78 is 5.91. The van der Waals surface area contributed by atoms with Crippen molar-refractivity contribution in [3.8, 4) is 5.88 Å². The summed E-state index contributed by atoms with van der Waals surface area (Å²) in [7, 11) is 0. The maximum atomic E-state index is 11.5. The van der Waals surface area contributed by atoms with Gasteiger partial charge < -0.3 is 9.72 Å². The van der Waals surface area contributed by atoms with Crippen LogP contribution < -0.4 is 4.74 Å². The van der Waals surface area contributed by atoms with E-state index in [-0.39, 0.29) is 5.78 Å². The van der Waals surface area contributed by atoms with E-state index in [0.29, 0.717) is 18.9 Å². The molecule has 0 atom stereocenters. The molecule has 114 valence electrons. The lowest BCUT2D eigenvalue weighted by Gasteiger charge is -2.08. The van der Waals surface area contributed by atoms with Crippen molar-refractivity contribution in [1.29, 1.82) is 0 Å². The number of carbonyl (C=O) groups is 1. The molecule has 0 radical (unpaired) electrons. The van der Waals surface area contributed by atoms with E-state index < -0.39 is 0 Å². The Morgan fingerprint density at radius 1 is 1.13 bits per heavy atom. The van der Waals surface area contributed by atoms with Crippen LogP contribution in [0.1, 0.15) is 24.0 Å². The number of carbonyl (C=O) groups excluding carboxylic acids is 1. The minimum absolute atomic E-state index is 0.165. The number of hydrogen-bond donors (Lipinski definition) is 1. The van der Waals surface area contributed by atoms with Gasteiger partial charge in [0.15, 0.2) is 5.78 Å². The Hall–Kier alpha value is -2.95. The highest BCUT2D eigenvalue weighted by atomic mass is 16.5. The first kappa shape index (κ1) is 13.7. The number of benzene rings is 1. The van der Waals surface area contributed by atoms with Crippen LogP contribution in [-0.4, -0.2) is 20.7 Å². The van der Waals surface area contributed by atoms with Crippen LogP contribution in [0.15, 0.2) is 48.9 Å². The molecule has 5 heteroatoms. The Balaban J connectivity index is 1.70. The van der Waals surface area contributed by atoms with Gasteiger partial charge in [-0.1, -0.05) is 30.3 Å². The Morgan fingerprint density at radius 2 is 2.00 bits per heavy atom. The predicted molar refractivity (Wildman–Crippen MR) is 86.9 cm³/mol. The van der Waals surface area contributed by atoms with Gasteiger partial charge in [0.05, 0.1) is 5.39 Å². The molecule has 2 aromatic heterocycles. The molecule has 0 saturated carbocycles. The maximum absolute atomic E-state index is 11.5. The fraction of sp³-hybridized carbons (Fsp3) is 0.167. The number of hydrogen-bond acceptors (Lipinski definition) is 4. The summed E-state index contributed by atoms with van der Waals surface area (Å²) in [6.45, 7) is 0.440. The number of ether oxygens (including phenoxy) is 1. The second-order valence-corrected chi connectivity index (χ2v) is 5.51. The maximum Gasteiger partial charge on any atom is 0.227 e. The van der Waals surface area contributed by atoms with E-state index in [4.69, 9.17) is 4.74 Å². The SMILES string of the molecule is O=C1C=C(c2c[nH]c3ncnc(OCc4ccccc4)c23)CC1. The quantitative estimate of drug-likeness (QED) is 0.803. The summed E-state index contributed by atoms with van der Waals surface area (Å²) in [5.74, 6) is 0.702. The van der Waals surface area contributed by atoms with Crippen molar-refractivity contribution in [3.63, 3.8) is 0 Å². The van der Waals surface area contributed by atoms with Gasteiger partial charge in [-0.15, -0.1) is 0 Å². The molecule has 3 aromatic rings. The summed E-state index contributed by atoms with van der Waals surface area (Å²) in [5.41, 5.74) is 3.76. The fourth-order valence-corrected chi connectivity index (χ4v) is 2.83. The van der Waals surface area contributed by atoms with Gasteiger partial charge in [0.2, 0.25) is 5.88 Å². The second-order valence-electron chi connectivity index (χ2n) is 5.51. The zero-order valence-corrected chi connectivity index (χ0v) is 12.5. The molecule has 0 spiro atoms. The highest BCUT2D eigenvalue weighted by Crippen LogP contribution is 2.34. The molecule has 0 bridgehead atoms. The normalized spacial score (nSPS) is 14.3. The zero-order valence-electron chi connectivity index (χ0n) is 12.5. The lowest BCUT2D eigenvalue weighted by Crippen LogP contribution is -1.98. The Bertz CT molecular complexity index is 897. The number of ketones is 1. The molecule has 23 heavy (non-hydrogen) atoms. The molecule has 0 unspecified atom stereocenters. The molecule has 5 nitrogen and oxygen atoms in total. The van der Waals surface area contributed by atoms with Crippen LogP contribution in [0.2, 0.25) is 0 Å². The van der Waals surface area contributed by atoms with Gasteiger partial charge in [0, 0.05) is 18.2 Å². The number of nitrogens with zero attached hydrogens (tertiary/aromatic N) is 2. The van der Waals surface area contributed by atoms with Crippen LogP contribution in [0.4, 0.5) is 0 Å². The third-order valence-corrected chi connectivity index (χ3v) is 3.98. The van der Waals surface area contributed by atoms with Crippen LogP contribution in [0.5, 0.6) is 5.88 Å². The zero-order chi connectivity index (χ0) is 15.6. The molecule has 2 heterocycles. The Kier molecular flexibility index (Phi) is 3.38. The Morgan fingerprint density at radius 3 is 2.78 bits per heavy atom. The summed E-state index contributed by atoms with van der Waals surface area (Å²) >= 11 is 0. The van der Waals surface area contributed by atoms with Gasteiger partial charge in [-0.3, -0.25) is 4.79 Å². The topological polar surface area (TPSA) is 67.9 Å². The van der Waals surface area contributed by atoms with Crippen LogP contribution in [0.3, 0.4) is 0 Å². The van der Waals surface area contributed by atoms with Crippen LogP contribution >= 0.6 is 0 Å². The number of fused-ring (bicyclic) bond motifs is 1. The number of rotatable bonds is 4. The minimum atomic E-state index is 0.165. The first-order valence-corrected chi connectivity index (χ1v) is 7.54. The molecule has 0 aliphatic heterocycles. The van der Waals surface area contributed by atoms with Crippen molar-refractivity contribution in [2.45, 2.75) is 19.4 Å². The number of aromatic amines is 1. The van der Waals surface area contributed by atoms with E-state index in [0.717, 1.165) is 34.2 Å². The Labute approximate surface area is 133 Å². The van der Waals surface area contributed by atoms with E-state index >= 15 is 0 Å². The van der Waals surface area contributed by atoms with Gasteiger partial charge in [-0.2, -0.15) is 0 Å². The van der Waals surface area contributed by atoms with Gasteiger partial charge in [0.25, 0.3) is 0 Å². The van der Waals surface area contributed by atoms with E-state index in [9.17, 15) is 4.79 Å². The molecule has 1 aliphatic rings. The van der Waals surface area contributed by atoms with Crippen molar-refractivity contribution in [2.24, 2.45) is 0 Å². The van der Waals surface area contributed by atoms with Crippen LogP contribution in [0, 0.1) is 0 Å². The van der Waals surface area contributed by atoms with Crippen molar-refractivity contribution < 1.29 is 9.53 Å². The van der Waals surface area contributed by atoms with Gasteiger partial charge >= 0.3 is 0 Å². The van der Waals surface area contributed by atoms with Crippen molar-refractivity contribution in [2.75, 3.05) is 0 Å². The number of aromatic nitrogens is 3. The average Bonchev–Trinajstić information content (AvgIpc) is 3.20. The molecule has 4 rings (SSSR count). The van der Waals surface area contributed by atoms with E-state index in [1.165, 1.54) is 6.33 Å². The molecule has 1 aliphatic carbocycles. The fourth-order valence-electron chi connectivity index (χ4n) is 2.83. The van der Waals surface area contributed by atoms with E-state index in [1.807, 2.05) is 36.5 Å². The van der Waals surface area contributed by atoms with E-state index in [1.54, 1.807) is 6.08 Å². The summed E-state index contributed by atoms with van der Waals surface area (Å²) in [4.78, 5) is 23.2. The third-order valence-electron chi connectivity index (χ3n) is 3.98. The lowest BCUT2D eigenvalue weighted by molar-refractivity contribution is -0.114. The van der Waals surface area contributed by atoms with E-state index in [2.05, 4.69) is 15.0 Å². The largest absolute Gasteiger partial charge is 0.472 e. The molecule has 1 aromatic carbocycles. The third kappa shape index (κ3) is 2.61. The second kappa shape index (κ2) is 5.68. The average molecular weight is 305 g/mol. The molecule has 1 N–H and O–H groups in total. The molecular weight excluding hydrogens is 290 g/mol. The highest BCUT2D eigenvalue weighted by Gasteiger charge is 2.20. The molecule has 0 saturated heterocycles. The first-order chi connectivity index (χ1) is 11.3. The van der Waals surface area contributed by atoms with Crippen molar-refractivity contribution >= 4 is 22.4 Å². The molecule has 0 fully saturated rings. The monoisotopic (exact) mass is 305 g/mol. The minimum Gasteiger partial charge on any atom is -0.472 e. The van der Waals surface area contributed by atoms with Crippen LogP contribution in [0.25, 0.3) is 16.6 Å². The molecular formula is C18H15N3O2. The van der Waals surface area contributed by atoms with Crippen molar-refractivity contribution in [3.05, 3.63) is 60.1 Å². The number of H-pyrrole nitrogens is 1. The van der Waals surface area contributed by atoms with Gasteiger partial charge in [0.1, 0.15) is 18.6 Å². The highest BCUT2D eigenvalue weighted by molar-refractivity contribution is 6.05. The number of nitrogens with one attached hydrogen (secondary N) is 1. The first-order valence-electron chi connectivity index (χ1n) is 7.54. The summed E-state index contributed by atoms with van der Waals surface area (Å²) in [6, 6.07) is 9.94.